The van der Waals surface area contributed by atoms with Crippen LogP contribution in [0, 0.1) is 35.0 Å². The van der Waals surface area contributed by atoms with Crippen molar-refractivity contribution in [1.29, 1.82) is 0 Å². The quantitative estimate of drug-likeness (QED) is 0.190. The van der Waals surface area contributed by atoms with Gasteiger partial charge in [0, 0.05) is 36.9 Å². The molecule has 8 unspecified atom stereocenters. The lowest BCUT2D eigenvalue weighted by Gasteiger charge is -2.55. The van der Waals surface area contributed by atoms with Gasteiger partial charge in [-0.25, -0.2) is 4.79 Å². The molecule has 1 saturated carbocycles. The number of phenols is 1. The summed E-state index contributed by atoms with van der Waals surface area (Å²) in [5.74, 6) is -1.26. The number of ether oxygens (including phenoxy) is 2. The number of hydrogen-bond donors (Lipinski definition) is 3. The molecule has 0 aromatic heterocycles. The van der Waals surface area contributed by atoms with Crippen LogP contribution in [0.1, 0.15) is 65.9 Å². The van der Waals surface area contributed by atoms with Crippen molar-refractivity contribution in [1.82, 2.24) is 0 Å². The number of benzene rings is 1. The number of aliphatic hydroxyl groups excluding tert-OH is 2. The second kappa shape index (κ2) is 14.3. The van der Waals surface area contributed by atoms with Crippen LogP contribution < -0.4 is 0 Å². The summed E-state index contributed by atoms with van der Waals surface area (Å²) in [7, 11) is 0. The highest BCUT2D eigenvalue weighted by Crippen LogP contribution is 2.56. The van der Waals surface area contributed by atoms with Gasteiger partial charge in [-0.1, -0.05) is 64.0 Å². The molecule has 3 N–H and O–H groups in total. The minimum Gasteiger partial charge on any atom is -0.508 e. The third-order valence-electron chi connectivity index (χ3n) is 9.15. The lowest BCUT2D eigenvalue weighted by atomic mass is 9.49. The number of ketones is 1. The van der Waals surface area contributed by atoms with Crippen molar-refractivity contribution < 1.29 is 39.2 Å². The number of phenolic OH excluding ortho intramolecular Hbond substituents is 1. The van der Waals surface area contributed by atoms with E-state index < -0.39 is 29.6 Å². The molecule has 1 aromatic carbocycles. The number of Topliss-reactive ketones (excluding diaryl/α,β-unsaturated/α-hetero) is 1. The van der Waals surface area contributed by atoms with E-state index in [2.05, 4.69) is 13.8 Å². The number of carbonyl (C=O) groups excluding carboxylic acids is 3. The Morgan fingerprint density at radius 3 is 2.49 bits per heavy atom. The molecule has 8 heteroatoms. The summed E-state index contributed by atoms with van der Waals surface area (Å²) in [5, 5.41) is 30.0. The predicted octanol–water partition coefficient (Wildman–Crippen LogP) is 4.55. The molecule has 2 aliphatic carbocycles. The van der Waals surface area contributed by atoms with Crippen molar-refractivity contribution >= 4 is 17.7 Å². The number of esters is 2. The molecule has 226 valence electrons. The number of allylic oxidation sites excluding steroid dienone is 1. The average molecular weight is 571 g/mol. The largest absolute Gasteiger partial charge is 0.508 e. The molecular weight excluding hydrogens is 524 g/mol. The maximum Gasteiger partial charge on any atom is 0.331 e. The Morgan fingerprint density at radius 1 is 1.17 bits per heavy atom. The zero-order valence-corrected chi connectivity index (χ0v) is 24.9. The zero-order valence-electron chi connectivity index (χ0n) is 24.9. The van der Waals surface area contributed by atoms with Crippen molar-refractivity contribution in [3.63, 3.8) is 0 Å². The van der Waals surface area contributed by atoms with Crippen LogP contribution in [0.2, 0.25) is 0 Å². The molecule has 0 amide bonds. The summed E-state index contributed by atoms with van der Waals surface area (Å²) in [4.78, 5) is 38.8. The van der Waals surface area contributed by atoms with Gasteiger partial charge in [-0.05, 0) is 54.7 Å². The standard InChI is InChI=1S/C33H46O8/c1-6-21(3)26-12-11-25-31(33(26,5)28(37)13-15-34)22(4)19-27(36)32(25)41-30(39)18-20(2)17-29(38)40-16-14-23-7-9-24(35)10-8-23/h7-12,18,21-22,25-27,31-32,34-36H,6,13-17,19H2,1-5H3. The Morgan fingerprint density at radius 2 is 1.85 bits per heavy atom. The molecule has 0 radical (unpaired) electrons. The van der Waals surface area contributed by atoms with E-state index in [4.69, 9.17) is 9.47 Å². The van der Waals surface area contributed by atoms with E-state index >= 15 is 0 Å². The van der Waals surface area contributed by atoms with Crippen molar-refractivity contribution in [2.24, 2.45) is 35.0 Å². The zero-order chi connectivity index (χ0) is 30.3. The van der Waals surface area contributed by atoms with Crippen molar-refractivity contribution in [3.05, 3.63) is 53.6 Å². The monoisotopic (exact) mass is 570 g/mol. The normalized spacial score (nSPS) is 30.3. The van der Waals surface area contributed by atoms with Gasteiger partial charge in [0.2, 0.25) is 0 Å². The van der Waals surface area contributed by atoms with Gasteiger partial charge in [0.15, 0.2) is 0 Å². The molecule has 0 spiro atoms. The van der Waals surface area contributed by atoms with E-state index in [0.29, 0.717) is 18.4 Å². The maximum absolute atomic E-state index is 13.6. The molecule has 0 bridgehead atoms. The van der Waals surface area contributed by atoms with E-state index in [9.17, 15) is 29.7 Å². The van der Waals surface area contributed by atoms with Gasteiger partial charge in [0.05, 0.1) is 19.1 Å². The Balaban J connectivity index is 1.69. The minimum absolute atomic E-state index is 0.00219. The van der Waals surface area contributed by atoms with E-state index in [1.54, 1.807) is 31.2 Å². The van der Waals surface area contributed by atoms with Gasteiger partial charge < -0.3 is 24.8 Å². The summed E-state index contributed by atoms with van der Waals surface area (Å²) >= 11 is 0. The highest BCUT2D eigenvalue weighted by molar-refractivity contribution is 5.86. The van der Waals surface area contributed by atoms with Gasteiger partial charge in [-0.2, -0.15) is 0 Å². The third-order valence-corrected chi connectivity index (χ3v) is 9.15. The summed E-state index contributed by atoms with van der Waals surface area (Å²) in [6.45, 7) is 9.84. The van der Waals surface area contributed by atoms with Crippen LogP contribution in [0.4, 0.5) is 0 Å². The molecule has 8 atom stereocenters. The number of aliphatic hydroxyl groups is 2. The van der Waals surface area contributed by atoms with E-state index in [1.165, 1.54) is 6.08 Å². The number of aromatic hydroxyl groups is 1. The van der Waals surface area contributed by atoms with E-state index in [0.717, 1.165) is 12.0 Å². The Bertz CT molecular complexity index is 1120. The van der Waals surface area contributed by atoms with Crippen molar-refractivity contribution in [3.8, 4) is 5.75 Å². The van der Waals surface area contributed by atoms with Gasteiger partial charge in [0.1, 0.15) is 17.6 Å². The number of carbonyl (C=O) groups is 3. The second-order valence-electron chi connectivity index (χ2n) is 12.1. The summed E-state index contributed by atoms with van der Waals surface area (Å²) in [5.41, 5.74) is 0.627. The molecule has 41 heavy (non-hydrogen) atoms. The molecular formula is C33H46O8. The second-order valence-corrected chi connectivity index (χ2v) is 12.1. The Kier molecular flexibility index (Phi) is 11.3. The number of rotatable bonds is 12. The number of fused-ring (bicyclic) bond motifs is 1. The van der Waals surface area contributed by atoms with Crippen molar-refractivity contribution in [2.75, 3.05) is 13.2 Å². The molecule has 2 aliphatic rings. The molecule has 0 saturated heterocycles. The smallest absolute Gasteiger partial charge is 0.331 e. The van der Waals surface area contributed by atoms with Crippen LogP contribution in [0.3, 0.4) is 0 Å². The molecule has 1 aromatic rings. The van der Waals surface area contributed by atoms with Crippen LogP contribution in [-0.4, -0.2) is 58.5 Å². The fourth-order valence-electron chi connectivity index (χ4n) is 6.97. The average Bonchev–Trinajstić information content (AvgIpc) is 2.91. The minimum atomic E-state index is -0.893. The molecule has 3 rings (SSSR count). The fraction of sp³-hybridized carbons (Fsp3) is 0.606. The molecule has 0 heterocycles. The van der Waals surface area contributed by atoms with Crippen LogP contribution >= 0.6 is 0 Å². The number of hydrogen-bond acceptors (Lipinski definition) is 8. The lowest BCUT2D eigenvalue weighted by molar-refractivity contribution is -0.173. The van der Waals surface area contributed by atoms with Gasteiger partial charge >= 0.3 is 11.9 Å². The van der Waals surface area contributed by atoms with Gasteiger partial charge in [-0.3, -0.25) is 9.59 Å². The van der Waals surface area contributed by atoms with Crippen LogP contribution in [0.5, 0.6) is 5.75 Å². The van der Waals surface area contributed by atoms with Crippen LogP contribution in [-0.2, 0) is 30.3 Å². The SMILES string of the molecule is CCC(C)C1C=CC2C(OC(=O)C=C(C)CC(=O)OCCc3ccc(O)cc3)C(O)CC(C)C2C1(C)C(=O)CCO. The molecule has 1 fully saturated rings. The van der Waals surface area contributed by atoms with E-state index in [-0.39, 0.29) is 67.2 Å². The highest BCUT2D eigenvalue weighted by atomic mass is 16.6. The Labute approximate surface area is 243 Å². The van der Waals surface area contributed by atoms with E-state index in [1.807, 2.05) is 26.0 Å². The third kappa shape index (κ3) is 7.66. The summed E-state index contributed by atoms with van der Waals surface area (Å²) < 4.78 is 11.1. The fourth-order valence-corrected chi connectivity index (χ4v) is 6.97. The van der Waals surface area contributed by atoms with Crippen LogP contribution in [0.15, 0.2) is 48.1 Å². The van der Waals surface area contributed by atoms with Gasteiger partial charge in [-0.15, -0.1) is 0 Å². The molecule has 0 aliphatic heterocycles. The maximum atomic E-state index is 13.6. The summed E-state index contributed by atoms with van der Waals surface area (Å²) in [6.07, 6.45) is 5.36. The first-order valence-corrected chi connectivity index (χ1v) is 14.7. The lowest BCUT2D eigenvalue weighted by Crippen LogP contribution is -2.59. The first kappa shape index (κ1) is 32.5. The van der Waals surface area contributed by atoms with Gasteiger partial charge in [0.25, 0.3) is 0 Å². The first-order valence-electron chi connectivity index (χ1n) is 14.7. The first-order chi connectivity index (χ1) is 19.4. The topological polar surface area (TPSA) is 130 Å². The predicted molar refractivity (Wildman–Crippen MR) is 155 cm³/mol. The highest BCUT2D eigenvalue weighted by Gasteiger charge is 2.58. The molecule has 8 nitrogen and oxygen atoms in total. The summed E-state index contributed by atoms with van der Waals surface area (Å²) in [6, 6.07) is 6.66. The van der Waals surface area contributed by atoms with Crippen LogP contribution in [0.25, 0.3) is 0 Å². The van der Waals surface area contributed by atoms with Crippen molar-refractivity contribution in [2.45, 2.75) is 78.9 Å². The Hall–Kier alpha value is -2.97.